The molecule has 0 bridgehead atoms. The van der Waals surface area contributed by atoms with Gasteiger partial charge in [-0.3, -0.25) is 14.9 Å². The second-order valence-electron chi connectivity index (χ2n) is 5.54. The molecule has 2 aromatic rings. The highest BCUT2D eigenvalue weighted by Crippen LogP contribution is 2.23. The molecule has 0 aliphatic rings. The van der Waals surface area contributed by atoms with Crippen molar-refractivity contribution in [2.45, 2.75) is 0 Å². The molecule has 0 aliphatic heterocycles. The molecule has 148 valence electrons. The van der Waals surface area contributed by atoms with Gasteiger partial charge in [0.1, 0.15) is 5.82 Å². The van der Waals surface area contributed by atoms with E-state index >= 15 is 0 Å². The van der Waals surface area contributed by atoms with E-state index in [-0.39, 0.29) is 16.9 Å². The Morgan fingerprint density at radius 2 is 2.00 bits per heavy atom. The molecule has 0 heterocycles. The molecule has 2 aromatic carbocycles. The highest BCUT2D eigenvalue weighted by molar-refractivity contribution is 5.99. The number of nitro groups is 1. The van der Waals surface area contributed by atoms with Crippen molar-refractivity contribution in [1.29, 1.82) is 0 Å². The van der Waals surface area contributed by atoms with Crippen LogP contribution >= 0.6 is 0 Å². The first-order valence-electron chi connectivity index (χ1n) is 8.14. The minimum atomic E-state index is -0.919. The number of halogens is 1. The highest BCUT2D eigenvalue weighted by atomic mass is 19.1. The maximum atomic E-state index is 13.1. The largest absolute Gasteiger partial charge is 0.452 e. The van der Waals surface area contributed by atoms with Crippen LogP contribution in [0.2, 0.25) is 0 Å². The number of nitro benzene ring substituents is 1. The second kappa shape index (κ2) is 9.97. The van der Waals surface area contributed by atoms with Crippen LogP contribution in [0.5, 0.6) is 0 Å². The minimum absolute atomic E-state index is 0.0936. The molecule has 0 aliphatic carbocycles. The summed E-state index contributed by atoms with van der Waals surface area (Å²) in [5, 5.41) is 16.2. The van der Waals surface area contributed by atoms with Crippen molar-refractivity contribution in [1.82, 2.24) is 0 Å². The van der Waals surface area contributed by atoms with Gasteiger partial charge in [0.15, 0.2) is 6.61 Å². The number of non-ortho nitro benzene ring substituents is 1. The fraction of sp³-hybridized carbons (Fsp3) is 0.222. The van der Waals surface area contributed by atoms with Crippen LogP contribution in [0.4, 0.5) is 21.5 Å². The lowest BCUT2D eigenvalue weighted by Gasteiger charge is -2.12. The molecule has 1 amide bonds. The predicted octanol–water partition coefficient (Wildman–Crippen LogP) is 2.59. The van der Waals surface area contributed by atoms with Crippen molar-refractivity contribution in [3.05, 3.63) is 64.0 Å². The van der Waals surface area contributed by atoms with E-state index in [2.05, 4.69) is 10.6 Å². The third-order valence-corrected chi connectivity index (χ3v) is 3.50. The van der Waals surface area contributed by atoms with Crippen molar-refractivity contribution in [3.8, 4) is 0 Å². The SMILES string of the molecule is COCCNc1ccc([N+](=O)[O-])cc1C(=O)OCC(=O)Nc1cccc(F)c1. The zero-order valence-electron chi connectivity index (χ0n) is 14.9. The summed E-state index contributed by atoms with van der Waals surface area (Å²) in [7, 11) is 1.50. The number of ether oxygens (including phenoxy) is 2. The third-order valence-electron chi connectivity index (χ3n) is 3.50. The molecule has 0 unspecified atom stereocenters. The molecule has 9 nitrogen and oxygen atoms in total. The summed E-state index contributed by atoms with van der Waals surface area (Å²) in [4.78, 5) is 34.5. The Morgan fingerprint density at radius 1 is 1.21 bits per heavy atom. The lowest BCUT2D eigenvalue weighted by Crippen LogP contribution is -2.21. The van der Waals surface area contributed by atoms with Gasteiger partial charge in [0.05, 0.1) is 17.1 Å². The standard InChI is InChI=1S/C18H18FN3O6/c1-27-8-7-20-16-6-5-14(22(25)26)10-15(16)18(24)28-11-17(23)21-13-4-2-3-12(19)9-13/h2-6,9-10,20H,7-8,11H2,1H3,(H,21,23). The van der Waals surface area contributed by atoms with Crippen molar-refractivity contribution >= 4 is 28.9 Å². The molecule has 0 spiro atoms. The Hall–Kier alpha value is -3.53. The summed E-state index contributed by atoms with van der Waals surface area (Å²) >= 11 is 0. The number of esters is 1. The second-order valence-corrected chi connectivity index (χ2v) is 5.54. The molecule has 0 fully saturated rings. The van der Waals surface area contributed by atoms with Crippen molar-refractivity contribution < 1.29 is 28.4 Å². The van der Waals surface area contributed by atoms with Gasteiger partial charge in [-0.15, -0.1) is 0 Å². The first-order chi connectivity index (χ1) is 13.4. The van der Waals surface area contributed by atoms with E-state index in [0.29, 0.717) is 18.8 Å². The van der Waals surface area contributed by atoms with Crippen LogP contribution in [0.15, 0.2) is 42.5 Å². The molecule has 2 rings (SSSR count). The number of nitrogens with zero attached hydrogens (tertiary/aromatic N) is 1. The molecule has 0 aromatic heterocycles. The Bertz CT molecular complexity index is 874. The Morgan fingerprint density at radius 3 is 2.68 bits per heavy atom. The van der Waals surface area contributed by atoms with Gasteiger partial charge in [-0.2, -0.15) is 0 Å². The van der Waals surface area contributed by atoms with E-state index in [1.807, 2.05) is 0 Å². The van der Waals surface area contributed by atoms with Gasteiger partial charge in [0.2, 0.25) is 0 Å². The fourth-order valence-electron chi connectivity index (χ4n) is 2.23. The average Bonchev–Trinajstić information content (AvgIpc) is 2.66. The fourth-order valence-corrected chi connectivity index (χ4v) is 2.23. The number of benzene rings is 2. The number of rotatable bonds is 9. The van der Waals surface area contributed by atoms with Crippen molar-refractivity contribution in [2.24, 2.45) is 0 Å². The molecule has 28 heavy (non-hydrogen) atoms. The molecular weight excluding hydrogens is 373 g/mol. The van der Waals surface area contributed by atoms with Gasteiger partial charge < -0.3 is 20.1 Å². The molecule has 0 radical (unpaired) electrons. The first-order valence-corrected chi connectivity index (χ1v) is 8.14. The summed E-state index contributed by atoms with van der Waals surface area (Å²) in [6, 6.07) is 8.88. The topological polar surface area (TPSA) is 120 Å². The lowest BCUT2D eigenvalue weighted by molar-refractivity contribution is -0.384. The van der Waals surface area contributed by atoms with Gasteiger partial charge >= 0.3 is 5.97 Å². The van der Waals surface area contributed by atoms with E-state index in [1.165, 1.54) is 37.4 Å². The van der Waals surface area contributed by atoms with Gasteiger partial charge in [0, 0.05) is 37.2 Å². The van der Waals surface area contributed by atoms with E-state index in [9.17, 15) is 24.1 Å². The van der Waals surface area contributed by atoms with Crippen molar-refractivity contribution in [2.75, 3.05) is 37.5 Å². The smallest absolute Gasteiger partial charge is 0.341 e. The van der Waals surface area contributed by atoms with Crippen LogP contribution in [-0.2, 0) is 14.3 Å². The summed E-state index contributed by atoms with van der Waals surface area (Å²) in [5.41, 5.74) is 0.119. The monoisotopic (exact) mass is 391 g/mol. The third kappa shape index (κ3) is 6.02. The number of hydrogen-bond acceptors (Lipinski definition) is 7. The Kier molecular flexibility index (Phi) is 7.40. The summed E-state index contributed by atoms with van der Waals surface area (Å²) in [6.07, 6.45) is 0. The quantitative estimate of drug-likeness (QED) is 0.292. The highest BCUT2D eigenvalue weighted by Gasteiger charge is 2.19. The molecule has 10 heteroatoms. The number of nitrogens with one attached hydrogen (secondary N) is 2. The van der Waals surface area contributed by atoms with Gasteiger partial charge in [-0.05, 0) is 24.3 Å². The average molecular weight is 391 g/mol. The number of hydrogen-bond donors (Lipinski definition) is 2. The molecule has 2 N–H and O–H groups in total. The molecule has 0 saturated carbocycles. The number of carbonyl (C=O) groups excluding carboxylic acids is 2. The Balaban J connectivity index is 2.05. The minimum Gasteiger partial charge on any atom is -0.452 e. The summed E-state index contributed by atoms with van der Waals surface area (Å²) in [5.74, 6) is -2.13. The summed E-state index contributed by atoms with van der Waals surface area (Å²) < 4.78 is 23.0. The lowest BCUT2D eigenvalue weighted by atomic mass is 10.1. The van der Waals surface area contributed by atoms with E-state index in [1.54, 1.807) is 0 Å². The zero-order valence-corrected chi connectivity index (χ0v) is 14.9. The summed E-state index contributed by atoms with van der Waals surface area (Å²) in [6.45, 7) is 0.0612. The molecular formula is C18H18FN3O6. The van der Waals surface area contributed by atoms with Gasteiger partial charge in [-0.1, -0.05) is 6.07 Å². The molecule has 0 atom stereocenters. The van der Waals surface area contributed by atoms with E-state index in [0.717, 1.165) is 12.1 Å². The van der Waals surface area contributed by atoms with Crippen LogP contribution in [0, 0.1) is 15.9 Å². The first kappa shape index (κ1) is 20.8. The van der Waals surface area contributed by atoms with E-state index < -0.39 is 29.2 Å². The maximum absolute atomic E-state index is 13.1. The van der Waals surface area contributed by atoms with Crippen molar-refractivity contribution in [3.63, 3.8) is 0 Å². The number of amides is 1. The van der Waals surface area contributed by atoms with Crippen LogP contribution in [0.25, 0.3) is 0 Å². The predicted molar refractivity (Wildman–Crippen MR) is 98.8 cm³/mol. The van der Waals surface area contributed by atoms with Crippen LogP contribution in [-0.4, -0.2) is 43.7 Å². The Labute approximate surface area is 159 Å². The maximum Gasteiger partial charge on any atom is 0.341 e. The van der Waals surface area contributed by atoms with Crippen LogP contribution in [0.1, 0.15) is 10.4 Å². The zero-order chi connectivity index (χ0) is 20.5. The normalized spacial score (nSPS) is 10.2. The number of methoxy groups -OCH3 is 1. The van der Waals surface area contributed by atoms with Crippen LogP contribution in [0.3, 0.4) is 0 Å². The number of anilines is 2. The van der Waals surface area contributed by atoms with Gasteiger partial charge in [0.25, 0.3) is 11.6 Å². The van der Waals surface area contributed by atoms with E-state index in [4.69, 9.17) is 9.47 Å². The number of carbonyl (C=O) groups is 2. The van der Waals surface area contributed by atoms with Gasteiger partial charge in [-0.25, -0.2) is 9.18 Å². The molecule has 0 saturated heterocycles. The van der Waals surface area contributed by atoms with Crippen LogP contribution < -0.4 is 10.6 Å².